The van der Waals surface area contributed by atoms with Crippen LogP contribution < -0.4 is 21.1 Å². The summed E-state index contributed by atoms with van der Waals surface area (Å²) in [5.41, 5.74) is 9.37. The summed E-state index contributed by atoms with van der Waals surface area (Å²) in [7, 11) is 3.36. The Hall–Kier alpha value is -6.00. The third kappa shape index (κ3) is 15.2. The van der Waals surface area contributed by atoms with Crippen molar-refractivity contribution < 1.29 is 65.2 Å². The minimum absolute atomic E-state index is 0.248. The van der Waals surface area contributed by atoms with Crippen molar-refractivity contribution >= 4 is 51.7 Å². The van der Waals surface area contributed by atoms with E-state index in [-0.39, 0.29) is 11.8 Å². The minimum Gasteiger partial charge on any atom is -0.497 e. The van der Waals surface area contributed by atoms with Gasteiger partial charge >= 0.3 is 24.3 Å². The van der Waals surface area contributed by atoms with Crippen LogP contribution in [0.4, 0.5) is 37.2 Å². The van der Waals surface area contributed by atoms with Crippen LogP contribution in [0.15, 0.2) is 71.9 Å². The number of carboxylic acid groups (broad SMARTS) is 2. The maximum absolute atomic E-state index is 13.3. The van der Waals surface area contributed by atoms with E-state index in [2.05, 4.69) is 37.6 Å². The van der Waals surface area contributed by atoms with Crippen LogP contribution in [0.1, 0.15) is 37.0 Å². The number of nitrogens with two attached hydrogens (primary N) is 1. The molecule has 3 heterocycles. The van der Waals surface area contributed by atoms with Gasteiger partial charge in [-0.05, 0) is 48.7 Å². The maximum atomic E-state index is 13.3. The van der Waals surface area contributed by atoms with E-state index in [1.54, 1.807) is 31.0 Å². The first-order valence-corrected chi connectivity index (χ1v) is 17.8. The monoisotopic (exact) mass is 843 g/mol. The number of amidine groups is 1. The van der Waals surface area contributed by atoms with Crippen molar-refractivity contribution in [3.05, 3.63) is 94.3 Å². The Balaban J connectivity index is 0.000000550. The molecule has 1 saturated heterocycles. The lowest BCUT2D eigenvalue weighted by Crippen LogP contribution is -2.41. The number of halogens is 6. The number of carbonyl (C=O) groups excluding carboxylic acids is 2. The third-order valence-electron chi connectivity index (χ3n) is 7.78. The number of anilines is 1. The Bertz CT molecular complexity index is 1990. The van der Waals surface area contributed by atoms with Gasteiger partial charge in [0.2, 0.25) is 0 Å². The number of morpholine rings is 1. The largest absolute Gasteiger partial charge is 0.497 e. The van der Waals surface area contributed by atoms with Gasteiger partial charge in [0.1, 0.15) is 23.0 Å². The molecule has 22 heteroatoms. The zero-order chi connectivity index (χ0) is 43.0. The van der Waals surface area contributed by atoms with E-state index in [1.165, 1.54) is 11.3 Å². The third-order valence-corrected chi connectivity index (χ3v) is 8.81. The Morgan fingerprint density at radius 2 is 1.52 bits per heavy atom. The van der Waals surface area contributed by atoms with Crippen molar-refractivity contribution in [2.24, 2.45) is 17.8 Å². The zero-order valence-corrected chi connectivity index (χ0v) is 31.7. The molecule has 1 aliphatic heterocycles. The first-order chi connectivity index (χ1) is 27.3. The molecule has 1 aliphatic rings. The van der Waals surface area contributed by atoms with Gasteiger partial charge < -0.3 is 35.3 Å². The SMILES string of the molecule is COc1ccc(C(N)=Nc2cc(C(=O)Nc3nc(C(=O)NCCN4CCOCC4)c(CCc4ccccc4)s3)n(C)c2)cc1.O=C(O)C(F)(F)F.O=C(O)C(F)(F)F. The molecular weight excluding hydrogens is 804 g/mol. The highest BCUT2D eigenvalue weighted by molar-refractivity contribution is 7.16. The van der Waals surface area contributed by atoms with Gasteiger partial charge in [-0.3, -0.25) is 19.8 Å². The average molecular weight is 844 g/mol. The van der Waals surface area contributed by atoms with Crippen LogP contribution in [0, 0.1) is 0 Å². The molecule has 0 radical (unpaired) electrons. The number of nitrogens with one attached hydrogen (secondary N) is 2. The highest BCUT2D eigenvalue weighted by Gasteiger charge is 2.39. The number of thiazole rings is 1. The van der Waals surface area contributed by atoms with E-state index in [0.717, 1.165) is 47.8 Å². The molecule has 0 aliphatic carbocycles. The normalized spacial score (nSPS) is 13.3. The van der Waals surface area contributed by atoms with Gasteiger partial charge in [-0.1, -0.05) is 30.3 Å². The molecule has 0 saturated carbocycles. The second kappa shape index (κ2) is 21.5. The van der Waals surface area contributed by atoms with Gasteiger partial charge in [-0.25, -0.2) is 19.6 Å². The van der Waals surface area contributed by atoms with Crippen molar-refractivity contribution in [1.82, 2.24) is 19.8 Å². The lowest BCUT2D eigenvalue weighted by atomic mass is 10.1. The summed E-state index contributed by atoms with van der Waals surface area (Å²) < 4.78 is 75.8. The van der Waals surface area contributed by atoms with Gasteiger partial charge in [-0.15, -0.1) is 11.3 Å². The van der Waals surface area contributed by atoms with E-state index < -0.39 is 24.3 Å². The fraction of sp³-hybridized carbons (Fsp3) is 0.333. The molecular formula is C36H39F6N7O8S. The van der Waals surface area contributed by atoms with Crippen LogP contribution in [-0.2, 0) is 34.2 Å². The number of hydrogen-bond acceptors (Lipinski definition) is 10. The molecule has 5 rings (SSSR count). The standard InChI is InChI=1S/C32H37N7O4S.2C2HF3O2/c1-38-21-24(35-29(33)23-9-11-25(42-2)12-10-23)20-26(38)30(40)37-32-36-28(27(44-32)13-8-22-6-4-3-5-7-22)31(41)34-14-15-39-16-18-43-19-17-39;2*3-2(4,5)1(6)7/h3-7,9-12,20-21H,8,13-19H2,1-2H3,(H2,33,35)(H,34,41)(H,36,37,40);2*(H,6,7). The van der Waals surface area contributed by atoms with E-state index in [9.17, 15) is 35.9 Å². The summed E-state index contributed by atoms with van der Waals surface area (Å²) in [5, 5.41) is 20.5. The number of alkyl halides is 6. The van der Waals surface area contributed by atoms with Gasteiger partial charge in [0.15, 0.2) is 5.13 Å². The lowest BCUT2D eigenvalue weighted by molar-refractivity contribution is -0.193. The van der Waals surface area contributed by atoms with Crippen LogP contribution in [0.5, 0.6) is 5.75 Å². The average Bonchev–Trinajstić information content (AvgIpc) is 3.76. The highest BCUT2D eigenvalue weighted by atomic mass is 32.1. The number of methoxy groups -OCH3 is 1. The molecule has 1 fully saturated rings. The number of nitrogens with zero attached hydrogens (tertiary/aromatic N) is 4. The molecule has 0 atom stereocenters. The molecule has 4 aromatic rings. The number of aliphatic imine (C=N–C) groups is 1. The van der Waals surface area contributed by atoms with Crippen LogP contribution in [-0.4, -0.2) is 113 Å². The van der Waals surface area contributed by atoms with Gasteiger partial charge in [0.25, 0.3) is 11.8 Å². The number of rotatable bonds is 12. The predicted octanol–water partition coefficient (Wildman–Crippen LogP) is 4.89. The van der Waals surface area contributed by atoms with Crippen molar-refractivity contribution in [2.75, 3.05) is 51.8 Å². The number of carbonyl (C=O) groups is 4. The van der Waals surface area contributed by atoms with E-state index >= 15 is 0 Å². The van der Waals surface area contributed by atoms with Gasteiger partial charge in [-0.2, -0.15) is 26.3 Å². The topological polar surface area (TPSA) is 211 Å². The number of aryl methyl sites for hydroxylation is 3. The first kappa shape index (κ1) is 46.4. The zero-order valence-electron chi connectivity index (χ0n) is 30.9. The lowest BCUT2D eigenvalue weighted by Gasteiger charge is -2.26. The Labute approximate surface area is 331 Å². The number of aromatic nitrogens is 2. The molecule has 314 valence electrons. The number of aliphatic carboxylic acids is 2. The second-order valence-corrected chi connectivity index (χ2v) is 13.0. The summed E-state index contributed by atoms with van der Waals surface area (Å²) >= 11 is 1.32. The first-order valence-electron chi connectivity index (χ1n) is 17.0. The molecule has 6 N–H and O–H groups in total. The molecule has 58 heavy (non-hydrogen) atoms. The van der Waals surface area contributed by atoms with Crippen LogP contribution >= 0.6 is 11.3 Å². The number of benzene rings is 2. The molecule has 2 aromatic carbocycles. The molecule has 0 bridgehead atoms. The van der Waals surface area contributed by atoms with Crippen molar-refractivity contribution in [3.8, 4) is 5.75 Å². The second-order valence-electron chi connectivity index (χ2n) is 12.0. The smallest absolute Gasteiger partial charge is 0.490 e. The molecule has 0 spiro atoms. The summed E-state index contributed by atoms with van der Waals surface area (Å²) in [6.45, 7) is 4.36. The Morgan fingerprint density at radius 1 is 0.931 bits per heavy atom. The highest BCUT2D eigenvalue weighted by Crippen LogP contribution is 2.27. The van der Waals surface area contributed by atoms with E-state index in [4.69, 9.17) is 35.0 Å². The van der Waals surface area contributed by atoms with Crippen molar-refractivity contribution in [3.63, 3.8) is 0 Å². The van der Waals surface area contributed by atoms with E-state index in [0.29, 0.717) is 54.2 Å². The summed E-state index contributed by atoms with van der Waals surface area (Å²) in [6, 6.07) is 19.0. The Morgan fingerprint density at radius 3 is 2.07 bits per heavy atom. The number of hydrogen-bond donors (Lipinski definition) is 5. The van der Waals surface area contributed by atoms with Crippen LogP contribution in [0.3, 0.4) is 0 Å². The number of amides is 2. The van der Waals surface area contributed by atoms with E-state index in [1.807, 2.05) is 42.5 Å². The summed E-state index contributed by atoms with van der Waals surface area (Å²) in [5.74, 6) is -5.08. The van der Waals surface area contributed by atoms with Crippen molar-refractivity contribution in [1.29, 1.82) is 0 Å². The van der Waals surface area contributed by atoms with Gasteiger partial charge in [0, 0.05) is 49.9 Å². The fourth-order valence-corrected chi connectivity index (χ4v) is 5.80. The molecule has 0 unspecified atom stereocenters. The van der Waals surface area contributed by atoms with Crippen LogP contribution in [0.25, 0.3) is 0 Å². The summed E-state index contributed by atoms with van der Waals surface area (Å²) in [6.07, 6.45) is -7.07. The molecule has 2 aromatic heterocycles. The van der Waals surface area contributed by atoms with Crippen LogP contribution in [0.2, 0.25) is 0 Å². The fourth-order valence-electron chi connectivity index (χ4n) is 4.85. The van der Waals surface area contributed by atoms with Gasteiger partial charge in [0.05, 0.1) is 26.0 Å². The minimum atomic E-state index is -5.08. The number of ether oxygens (including phenoxy) is 2. The number of carboxylic acids is 2. The summed E-state index contributed by atoms with van der Waals surface area (Å²) in [4.78, 5) is 56.5. The van der Waals surface area contributed by atoms with Crippen molar-refractivity contribution in [2.45, 2.75) is 25.2 Å². The quantitative estimate of drug-likeness (QED) is 0.0736. The Kier molecular flexibility index (Phi) is 17.2. The maximum Gasteiger partial charge on any atom is 0.490 e. The molecule has 15 nitrogen and oxygen atoms in total. The molecule has 2 amide bonds. The predicted molar refractivity (Wildman–Crippen MR) is 200 cm³/mol.